The van der Waals surface area contributed by atoms with Crippen LogP contribution in [0.1, 0.15) is 5.56 Å². The fraction of sp³-hybridized carbons (Fsp3) is 0.455. The highest BCUT2D eigenvalue weighted by Crippen LogP contribution is 2.10. The molecule has 1 atom stereocenters. The maximum atomic E-state index is 11.9. The van der Waals surface area contributed by atoms with Crippen molar-refractivity contribution in [2.75, 3.05) is 25.3 Å². The van der Waals surface area contributed by atoms with E-state index in [1.54, 1.807) is 0 Å². The minimum Gasteiger partial charge on any atom is -0.593 e. The van der Waals surface area contributed by atoms with Gasteiger partial charge < -0.3 is 9.04 Å². The van der Waals surface area contributed by atoms with Crippen molar-refractivity contribution in [3.63, 3.8) is 0 Å². The summed E-state index contributed by atoms with van der Waals surface area (Å²) in [5, 5.41) is 0. The molecule has 5 heteroatoms. The van der Waals surface area contributed by atoms with Crippen LogP contribution in [-0.4, -0.2) is 34.4 Å². The number of halogens is 1. The quantitative estimate of drug-likeness (QED) is 0.220. The number of nitrogens with one attached hydrogen (secondary N) is 1. The normalized spacial score (nSPS) is 13.8. The van der Waals surface area contributed by atoms with Gasteiger partial charge in [0.1, 0.15) is 4.55 Å². The third-order valence-corrected chi connectivity index (χ3v) is 5.12. The summed E-state index contributed by atoms with van der Waals surface area (Å²) < 4.78 is 16.7. The Kier molecular flexibility index (Phi) is 5.52. The molecule has 3 nitrogen and oxygen atoms in total. The minimum atomic E-state index is -1.11. The molecule has 0 amide bonds. The Bertz CT molecular complexity index is 329. The fourth-order valence-corrected chi connectivity index (χ4v) is 2.28. The lowest BCUT2D eigenvalue weighted by Gasteiger charge is -2.27. The summed E-state index contributed by atoms with van der Waals surface area (Å²) in [4.78, 5) is 0.832. The van der Waals surface area contributed by atoms with Crippen LogP contribution in [0.3, 0.4) is 0 Å². The number of nitrogens with zero attached hydrogens (tertiary/aromatic N) is 1. The molecule has 0 heterocycles. The number of benzene rings is 1. The van der Waals surface area contributed by atoms with Gasteiger partial charge in [-0.25, -0.2) is 0 Å². The van der Waals surface area contributed by atoms with Crippen LogP contribution >= 0.6 is 22.6 Å². The van der Waals surface area contributed by atoms with Crippen LogP contribution in [0.25, 0.3) is 0 Å². The fourth-order valence-electron chi connectivity index (χ4n) is 1.02. The molecule has 0 aliphatic heterocycles. The average Bonchev–Trinajstić information content (AvgIpc) is 2.27. The third kappa shape index (κ3) is 4.58. The molecule has 1 aromatic carbocycles. The van der Waals surface area contributed by atoms with Gasteiger partial charge in [0.05, 0.1) is 25.5 Å². The molecule has 0 saturated carbocycles. The summed E-state index contributed by atoms with van der Waals surface area (Å²) >= 11 is 1.22. The second kappa shape index (κ2) is 6.20. The van der Waals surface area contributed by atoms with Crippen molar-refractivity contribution in [2.45, 2.75) is 11.8 Å². The number of rotatable bonds is 5. The predicted molar refractivity (Wildman–Crippen MR) is 76.6 cm³/mol. The standard InChI is InChI=1S/C11H18IN2OS/c1-10-4-6-11(7-5-10)16(15)13-9-14(2,3)8-12/h4-7,13H,8-9H2,1-3H3/q+1. The second-order valence-corrected chi connectivity index (χ2v) is 6.42. The van der Waals surface area contributed by atoms with Gasteiger partial charge in [0.25, 0.3) is 0 Å². The molecular weight excluding hydrogens is 335 g/mol. The van der Waals surface area contributed by atoms with Crippen molar-refractivity contribution in [1.82, 2.24) is 4.72 Å². The zero-order chi connectivity index (χ0) is 12.2. The largest absolute Gasteiger partial charge is 0.593 e. The molecule has 1 N–H and O–H groups in total. The van der Waals surface area contributed by atoms with Gasteiger partial charge in [-0.05, 0) is 41.6 Å². The Hall–Kier alpha value is 0.180. The molecule has 0 saturated heterocycles. The Balaban J connectivity index is 2.53. The van der Waals surface area contributed by atoms with Crippen molar-refractivity contribution in [3.05, 3.63) is 29.8 Å². The summed E-state index contributed by atoms with van der Waals surface area (Å²) in [7, 11) is 4.21. The monoisotopic (exact) mass is 353 g/mol. The number of aryl methyl sites for hydroxylation is 1. The van der Waals surface area contributed by atoms with Crippen molar-refractivity contribution in [3.8, 4) is 0 Å². The molecular formula is C11H18IN2OS+. The summed E-state index contributed by atoms with van der Waals surface area (Å²) in [6.07, 6.45) is 0. The number of alkyl halides is 1. The minimum absolute atomic E-state index is 0.698. The molecule has 0 aliphatic rings. The zero-order valence-electron chi connectivity index (χ0n) is 9.87. The van der Waals surface area contributed by atoms with Gasteiger partial charge in [-0.1, -0.05) is 22.4 Å². The van der Waals surface area contributed by atoms with E-state index in [-0.39, 0.29) is 0 Å². The van der Waals surface area contributed by atoms with Crippen LogP contribution < -0.4 is 4.72 Å². The Morgan fingerprint density at radius 3 is 2.38 bits per heavy atom. The molecule has 90 valence electrons. The third-order valence-electron chi connectivity index (χ3n) is 2.18. The van der Waals surface area contributed by atoms with Crippen LogP contribution in [0.5, 0.6) is 0 Å². The lowest BCUT2D eigenvalue weighted by molar-refractivity contribution is -0.875. The highest BCUT2D eigenvalue weighted by atomic mass is 127. The smallest absolute Gasteiger partial charge is 0.174 e. The van der Waals surface area contributed by atoms with Crippen LogP contribution in [0, 0.1) is 6.92 Å². The molecule has 0 radical (unpaired) electrons. The Morgan fingerprint density at radius 2 is 1.88 bits per heavy atom. The molecule has 0 bridgehead atoms. The average molecular weight is 353 g/mol. The van der Waals surface area contributed by atoms with Crippen LogP contribution in [0.4, 0.5) is 0 Å². The summed E-state index contributed by atoms with van der Waals surface area (Å²) in [6, 6.07) is 7.77. The van der Waals surface area contributed by atoms with E-state index < -0.39 is 11.4 Å². The maximum absolute atomic E-state index is 11.9. The number of quaternary nitrogens is 1. The van der Waals surface area contributed by atoms with Gasteiger partial charge in [-0.15, -0.1) is 0 Å². The first kappa shape index (κ1) is 14.2. The first-order valence-corrected chi connectivity index (χ1v) is 7.72. The summed E-state index contributed by atoms with van der Waals surface area (Å²) in [5.74, 6) is 0. The Labute approximate surface area is 114 Å². The van der Waals surface area contributed by atoms with E-state index in [4.69, 9.17) is 0 Å². The first-order valence-electron chi connectivity index (χ1n) is 5.04. The van der Waals surface area contributed by atoms with Gasteiger partial charge in [0.15, 0.2) is 11.6 Å². The molecule has 0 aromatic heterocycles. The molecule has 0 fully saturated rings. The van der Waals surface area contributed by atoms with Crippen LogP contribution in [0.15, 0.2) is 29.2 Å². The van der Waals surface area contributed by atoms with Gasteiger partial charge in [0, 0.05) is 0 Å². The second-order valence-electron chi connectivity index (χ2n) is 4.44. The van der Waals surface area contributed by atoms with Crippen molar-refractivity contribution in [1.29, 1.82) is 0 Å². The van der Waals surface area contributed by atoms with E-state index in [0.29, 0.717) is 6.67 Å². The van der Waals surface area contributed by atoms with E-state index in [2.05, 4.69) is 41.4 Å². The van der Waals surface area contributed by atoms with Gasteiger partial charge >= 0.3 is 0 Å². The van der Waals surface area contributed by atoms with E-state index in [0.717, 1.165) is 13.9 Å². The van der Waals surface area contributed by atoms with Crippen molar-refractivity contribution >= 4 is 34.0 Å². The molecule has 0 aliphatic carbocycles. The van der Waals surface area contributed by atoms with Crippen molar-refractivity contribution in [2.24, 2.45) is 0 Å². The van der Waals surface area contributed by atoms with E-state index >= 15 is 0 Å². The zero-order valence-corrected chi connectivity index (χ0v) is 12.8. The van der Waals surface area contributed by atoms with Crippen molar-refractivity contribution < 1.29 is 9.04 Å². The maximum Gasteiger partial charge on any atom is 0.174 e. The number of hydrogen-bond donors (Lipinski definition) is 1. The lowest BCUT2D eigenvalue weighted by Crippen LogP contribution is -2.47. The summed E-state index contributed by atoms with van der Waals surface area (Å²) in [5.41, 5.74) is 1.18. The topological polar surface area (TPSA) is 35.1 Å². The molecule has 1 unspecified atom stereocenters. The predicted octanol–water partition coefficient (Wildman–Crippen LogP) is 2.03. The van der Waals surface area contributed by atoms with Gasteiger partial charge in [-0.2, -0.15) is 0 Å². The van der Waals surface area contributed by atoms with Crippen LogP contribution in [0.2, 0.25) is 0 Å². The van der Waals surface area contributed by atoms with Gasteiger partial charge in [-0.3, -0.25) is 0 Å². The molecule has 1 aromatic rings. The highest BCUT2D eigenvalue weighted by molar-refractivity contribution is 14.1. The SMILES string of the molecule is Cc1ccc([S+]([O-])NC[N+](C)(C)CI)cc1. The van der Waals surface area contributed by atoms with E-state index in [9.17, 15) is 4.55 Å². The first-order chi connectivity index (χ1) is 7.44. The summed E-state index contributed by atoms with van der Waals surface area (Å²) in [6.45, 7) is 2.72. The number of hydrogen-bond acceptors (Lipinski definition) is 2. The lowest BCUT2D eigenvalue weighted by atomic mass is 10.2. The van der Waals surface area contributed by atoms with Gasteiger partial charge in [0.2, 0.25) is 0 Å². The molecule has 1 rings (SSSR count). The Morgan fingerprint density at radius 1 is 1.31 bits per heavy atom. The van der Waals surface area contributed by atoms with Crippen LogP contribution in [-0.2, 0) is 11.4 Å². The van der Waals surface area contributed by atoms with E-state index in [1.165, 1.54) is 5.56 Å². The highest BCUT2D eigenvalue weighted by Gasteiger charge is 2.18. The molecule has 0 spiro atoms. The van der Waals surface area contributed by atoms with E-state index in [1.807, 2.05) is 31.2 Å². The molecule has 16 heavy (non-hydrogen) atoms.